The second-order valence-electron chi connectivity index (χ2n) is 3.66. The Morgan fingerprint density at radius 3 is 2.53 bits per heavy atom. The minimum atomic E-state index is 0.260. The summed E-state index contributed by atoms with van der Waals surface area (Å²) >= 11 is 0. The van der Waals surface area contributed by atoms with Crippen LogP contribution in [0.3, 0.4) is 0 Å². The lowest BCUT2D eigenvalue weighted by Gasteiger charge is -2.18. The number of benzene rings is 1. The lowest BCUT2D eigenvalue weighted by atomic mass is 10.0. The summed E-state index contributed by atoms with van der Waals surface area (Å²) in [6.45, 7) is 0. The molecule has 1 aromatic rings. The molecular formula is C11H15N3O. The van der Waals surface area contributed by atoms with Crippen molar-refractivity contribution in [3.05, 3.63) is 29.8 Å². The highest BCUT2D eigenvalue weighted by Gasteiger charge is 2.23. The van der Waals surface area contributed by atoms with Gasteiger partial charge in [-0.2, -0.15) is 5.10 Å². The molecule has 80 valence electrons. The Labute approximate surface area is 89.3 Å². The van der Waals surface area contributed by atoms with Crippen molar-refractivity contribution in [2.24, 2.45) is 10.8 Å². The molecule has 0 saturated carbocycles. The summed E-state index contributed by atoms with van der Waals surface area (Å²) in [6.07, 6.45) is 0.794. The third-order valence-electron chi connectivity index (χ3n) is 2.64. The van der Waals surface area contributed by atoms with Crippen LogP contribution in [0.1, 0.15) is 18.0 Å². The van der Waals surface area contributed by atoms with Gasteiger partial charge in [0.25, 0.3) is 0 Å². The van der Waals surface area contributed by atoms with Gasteiger partial charge in [-0.15, -0.1) is 0 Å². The summed E-state index contributed by atoms with van der Waals surface area (Å²) in [5.74, 6) is 1.56. The van der Waals surface area contributed by atoms with Gasteiger partial charge in [-0.25, -0.2) is 0 Å². The van der Waals surface area contributed by atoms with Gasteiger partial charge in [-0.3, -0.25) is 5.01 Å². The Bertz CT molecular complexity index is 372. The molecule has 0 radical (unpaired) electrons. The van der Waals surface area contributed by atoms with E-state index in [0.717, 1.165) is 12.2 Å². The standard InChI is InChI=1S/C11H15N3O/c1-14-10(7-11(12)13-14)8-3-5-9(15-2)6-4-8/h3-6,10H,7H2,1-2H3,(H2,12,13)/t10-/m0/s1. The molecule has 4 nitrogen and oxygen atoms in total. The maximum absolute atomic E-state index is 5.69. The van der Waals surface area contributed by atoms with E-state index in [1.54, 1.807) is 7.11 Å². The number of nitrogens with zero attached hydrogens (tertiary/aromatic N) is 2. The maximum atomic E-state index is 5.69. The van der Waals surface area contributed by atoms with Gasteiger partial charge in [0.2, 0.25) is 0 Å². The van der Waals surface area contributed by atoms with E-state index < -0.39 is 0 Å². The van der Waals surface area contributed by atoms with Crippen LogP contribution in [0.5, 0.6) is 5.75 Å². The molecule has 0 bridgehead atoms. The minimum Gasteiger partial charge on any atom is -0.497 e. The lowest BCUT2D eigenvalue weighted by Crippen LogP contribution is -2.14. The van der Waals surface area contributed by atoms with Gasteiger partial charge in [-0.05, 0) is 17.7 Å². The molecule has 0 fully saturated rings. The Hall–Kier alpha value is -1.71. The summed E-state index contributed by atoms with van der Waals surface area (Å²) < 4.78 is 5.11. The van der Waals surface area contributed by atoms with Crippen molar-refractivity contribution in [2.45, 2.75) is 12.5 Å². The molecule has 1 aliphatic heterocycles. The molecular weight excluding hydrogens is 190 g/mol. The quantitative estimate of drug-likeness (QED) is 0.792. The molecule has 0 amide bonds. The fourth-order valence-electron chi connectivity index (χ4n) is 1.80. The van der Waals surface area contributed by atoms with Gasteiger partial charge in [-0.1, -0.05) is 12.1 Å². The number of hydrazone groups is 1. The van der Waals surface area contributed by atoms with Crippen molar-refractivity contribution in [1.82, 2.24) is 5.01 Å². The predicted molar refractivity (Wildman–Crippen MR) is 59.7 cm³/mol. The summed E-state index contributed by atoms with van der Waals surface area (Å²) in [4.78, 5) is 0. The molecule has 0 spiro atoms. The van der Waals surface area contributed by atoms with E-state index in [1.807, 2.05) is 36.3 Å². The average Bonchev–Trinajstić information content (AvgIpc) is 2.58. The molecule has 0 unspecified atom stereocenters. The summed E-state index contributed by atoms with van der Waals surface area (Å²) in [5, 5.41) is 6.09. The van der Waals surface area contributed by atoms with Gasteiger partial charge in [0.1, 0.15) is 11.6 Å². The number of ether oxygens (including phenoxy) is 1. The fraction of sp³-hybridized carbons (Fsp3) is 0.364. The van der Waals surface area contributed by atoms with Crippen LogP contribution >= 0.6 is 0 Å². The third kappa shape index (κ3) is 1.88. The van der Waals surface area contributed by atoms with Crippen molar-refractivity contribution in [1.29, 1.82) is 0 Å². The number of hydrogen-bond acceptors (Lipinski definition) is 4. The zero-order valence-electron chi connectivity index (χ0n) is 8.97. The van der Waals surface area contributed by atoms with Crippen molar-refractivity contribution in [3.8, 4) is 5.75 Å². The maximum Gasteiger partial charge on any atom is 0.122 e. The topological polar surface area (TPSA) is 50.9 Å². The molecule has 1 atom stereocenters. The van der Waals surface area contributed by atoms with Crippen LogP contribution in [-0.2, 0) is 0 Å². The van der Waals surface area contributed by atoms with Crippen LogP contribution in [0.2, 0.25) is 0 Å². The van der Waals surface area contributed by atoms with E-state index in [1.165, 1.54) is 5.56 Å². The normalized spacial score (nSPS) is 20.3. The number of hydrogen-bond donors (Lipinski definition) is 1. The molecule has 4 heteroatoms. The number of rotatable bonds is 2. The Morgan fingerprint density at radius 2 is 2.07 bits per heavy atom. The molecule has 0 aliphatic carbocycles. The highest BCUT2D eigenvalue weighted by atomic mass is 16.5. The Balaban J connectivity index is 2.17. The van der Waals surface area contributed by atoms with Gasteiger partial charge >= 0.3 is 0 Å². The van der Waals surface area contributed by atoms with Gasteiger partial charge in [0.15, 0.2) is 0 Å². The molecule has 1 aliphatic rings. The van der Waals surface area contributed by atoms with Crippen LogP contribution in [0.4, 0.5) is 0 Å². The van der Waals surface area contributed by atoms with E-state index in [-0.39, 0.29) is 6.04 Å². The monoisotopic (exact) mass is 205 g/mol. The van der Waals surface area contributed by atoms with Gasteiger partial charge < -0.3 is 10.5 Å². The van der Waals surface area contributed by atoms with Crippen LogP contribution in [-0.4, -0.2) is 25.0 Å². The molecule has 2 rings (SSSR count). The zero-order valence-corrected chi connectivity index (χ0v) is 8.97. The summed E-state index contributed by atoms with van der Waals surface area (Å²) in [7, 11) is 3.60. The number of methoxy groups -OCH3 is 1. The van der Waals surface area contributed by atoms with Crippen LogP contribution in [0.15, 0.2) is 29.4 Å². The smallest absolute Gasteiger partial charge is 0.122 e. The molecule has 15 heavy (non-hydrogen) atoms. The van der Waals surface area contributed by atoms with E-state index >= 15 is 0 Å². The zero-order chi connectivity index (χ0) is 10.8. The SMILES string of the molecule is COc1ccc([C@@H]2CC(N)=NN2C)cc1. The Morgan fingerprint density at radius 1 is 1.40 bits per heavy atom. The summed E-state index contributed by atoms with van der Waals surface area (Å²) in [5.41, 5.74) is 6.90. The number of amidine groups is 1. The fourth-order valence-corrected chi connectivity index (χ4v) is 1.80. The average molecular weight is 205 g/mol. The molecule has 1 heterocycles. The molecule has 0 aromatic heterocycles. The second kappa shape index (κ2) is 3.81. The molecule has 2 N–H and O–H groups in total. The van der Waals surface area contributed by atoms with Crippen molar-refractivity contribution in [3.63, 3.8) is 0 Å². The highest BCUT2D eigenvalue weighted by Crippen LogP contribution is 2.28. The number of nitrogens with two attached hydrogens (primary N) is 1. The van der Waals surface area contributed by atoms with Gasteiger partial charge in [0.05, 0.1) is 13.2 Å². The first-order valence-electron chi connectivity index (χ1n) is 4.90. The van der Waals surface area contributed by atoms with Gasteiger partial charge in [0, 0.05) is 13.5 Å². The minimum absolute atomic E-state index is 0.260. The molecule has 1 aromatic carbocycles. The van der Waals surface area contributed by atoms with E-state index in [9.17, 15) is 0 Å². The van der Waals surface area contributed by atoms with Crippen LogP contribution < -0.4 is 10.5 Å². The second-order valence-corrected chi connectivity index (χ2v) is 3.66. The van der Waals surface area contributed by atoms with Crippen LogP contribution in [0.25, 0.3) is 0 Å². The largest absolute Gasteiger partial charge is 0.497 e. The predicted octanol–water partition coefficient (Wildman–Crippen LogP) is 1.34. The first kappa shape index (κ1) is 9.83. The van der Waals surface area contributed by atoms with Crippen molar-refractivity contribution < 1.29 is 4.74 Å². The highest BCUT2D eigenvalue weighted by molar-refractivity contribution is 5.82. The van der Waals surface area contributed by atoms with Crippen molar-refractivity contribution in [2.75, 3.05) is 14.2 Å². The first-order chi connectivity index (χ1) is 7.20. The third-order valence-corrected chi connectivity index (χ3v) is 2.64. The first-order valence-corrected chi connectivity index (χ1v) is 4.90. The molecule has 0 saturated heterocycles. The van der Waals surface area contributed by atoms with E-state index in [2.05, 4.69) is 5.10 Å². The Kier molecular flexibility index (Phi) is 2.49. The van der Waals surface area contributed by atoms with Crippen LogP contribution in [0, 0.1) is 0 Å². The van der Waals surface area contributed by atoms with Crippen molar-refractivity contribution >= 4 is 5.84 Å². The summed E-state index contributed by atoms with van der Waals surface area (Å²) in [6, 6.07) is 8.27. The van der Waals surface area contributed by atoms with E-state index in [0.29, 0.717) is 5.84 Å². The lowest BCUT2D eigenvalue weighted by molar-refractivity contribution is 0.289. The van der Waals surface area contributed by atoms with E-state index in [4.69, 9.17) is 10.5 Å².